The SMILES string of the molecule is O=C(c1csc2ccccc12)C1CCCCCCC1. The van der Waals surface area contributed by atoms with Gasteiger partial charge in [0, 0.05) is 26.9 Å². The third kappa shape index (κ3) is 2.74. The van der Waals surface area contributed by atoms with E-state index in [0.717, 1.165) is 23.8 Å². The van der Waals surface area contributed by atoms with E-state index in [1.54, 1.807) is 11.3 Å². The van der Waals surface area contributed by atoms with E-state index in [1.807, 2.05) is 12.1 Å². The minimum atomic E-state index is 0.262. The van der Waals surface area contributed by atoms with Gasteiger partial charge in [0.1, 0.15) is 0 Å². The van der Waals surface area contributed by atoms with Crippen LogP contribution in [-0.2, 0) is 0 Å². The van der Waals surface area contributed by atoms with Gasteiger partial charge in [-0.05, 0) is 18.9 Å². The number of Topliss-reactive ketones (excluding diaryl/α,β-unsaturated/α-hetero) is 1. The van der Waals surface area contributed by atoms with E-state index in [2.05, 4.69) is 17.5 Å². The summed E-state index contributed by atoms with van der Waals surface area (Å²) in [5.41, 5.74) is 0.964. The van der Waals surface area contributed by atoms with Crippen molar-refractivity contribution in [2.45, 2.75) is 44.9 Å². The summed E-state index contributed by atoms with van der Waals surface area (Å²) in [4.78, 5) is 12.7. The number of ketones is 1. The lowest BCUT2D eigenvalue weighted by Crippen LogP contribution is -2.15. The van der Waals surface area contributed by atoms with Crippen molar-refractivity contribution >= 4 is 27.2 Å². The van der Waals surface area contributed by atoms with E-state index in [0.29, 0.717) is 5.78 Å². The van der Waals surface area contributed by atoms with Gasteiger partial charge in [0.05, 0.1) is 0 Å². The van der Waals surface area contributed by atoms with Crippen LogP contribution in [0, 0.1) is 5.92 Å². The Morgan fingerprint density at radius 1 is 1.00 bits per heavy atom. The number of hydrogen-bond acceptors (Lipinski definition) is 2. The molecule has 0 unspecified atom stereocenters. The minimum absolute atomic E-state index is 0.262. The maximum Gasteiger partial charge on any atom is 0.167 e. The highest BCUT2D eigenvalue weighted by atomic mass is 32.1. The van der Waals surface area contributed by atoms with Crippen molar-refractivity contribution in [2.24, 2.45) is 5.92 Å². The van der Waals surface area contributed by atoms with E-state index < -0.39 is 0 Å². The highest BCUT2D eigenvalue weighted by Gasteiger charge is 2.22. The molecule has 0 saturated heterocycles. The molecule has 1 aliphatic rings. The fraction of sp³-hybridized carbons (Fsp3) is 0.471. The van der Waals surface area contributed by atoms with Gasteiger partial charge in [-0.2, -0.15) is 0 Å². The lowest BCUT2D eigenvalue weighted by molar-refractivity contribution is 0.0900. The molecular weight excluding hydrogens is 252 g/mol. The fourth-order valence-electron chi connectivity index (χ4n) is 3.11. The molecule has 19 heavy (non-hydrogen) atoms. The maximum absolute atomic E-state index is 12.7. The Hall–Kier alpha value is -1.15. The van der Waals surface area contributed by atoms with Crippen LogP contribution in [0.15, 0.2) is 29.6 Å². The van der Waals surface area contributed by atoms with Gasteiger partial charge in [0.2, 0.25) is 0 Å². The number of fused-ring (bicyclic) bond motifs is 1. The Morgan fingerprint density at radius 3 is 2.47 bits per heavy atom. The van der Waals surface area contributed by atoms with Crippen molar-refractivity contribution in [1.29, 1.82) is 0 Å². The Kier molecular flexibility index (Phi) is 3.97. The van der Waals surface area contributed by atoms with E-state index in [4.69, 9.17) is 0 Å². The first kappa shape index (κ1) is 12.9. The van der Waals surface area contributed by atoms with Crippen LogP contribution >= 0.6 is 11.3 Å². The Bertz CT molecular complexity index is 561. The number of thiophene rings is 1. The minimum Gasteiger partial charge on any atom is -0.294 e. The van der Waals surface area contributed by atoms with Gasteiger partial charge in [-0.3, -0.25) is 4.79 Å². The summed E-state index contributed by atoms with van der Waals surface area (Å²) in [6, 6.07) is 8.27. The average molecular weight is 272 g/mol. The zero-order valence-corrected chi connectivity index (χ0v) is 12.0. The molecular formula is C17H20OS. The van der Waals surface area contributed by atoms with Crippen LogP contribution in [0.1, 0.15) is 55.3 Å². The van der Waals surface area contributed by atoms with Crippen molar-refractivity contribution in [1.82, 2.24) is 0 Å². The second-order valence-electron chi connectivity index (χ2n) is 5.55. The molecule has 1 aromatic heterocycles. The van der Waals surface area contributed by atoms with Crippen LogP contribution in [0.5, 0.6) is 0 Å². The van der Waals surface area contributed by atoms with Crippen LogP contribution in [0.4, 0.5) is 0 Å². The smallest absolute Gasteiger partial charge is 0.167 e. The van der Waals surface area contributed by atoms with Crippen LogP contribution in [0.25, 0.3) is 10.1 Å². The highest BCUT2D eigenvalue weighted by Crippen LogP contribution is 2.31. The lowest BCUT2D eigenvalue weighted by atomic mass is 9.85. The summed E-state index contributed by atoms with van der Waals surface area (Å²) in [5, 5.41) is 3.21. The van der Waals surface area contributed by atoms with Gasteiger partial charge in [0.25, 0.3) is 0 Å². The molecule has 2 aromatic rings. The summed E-state index contributed by atoms with van der Waals surface area (Å²) in [6.45, 7) is 0. The quantitative estimate of drug-likeness (QED) is 0.665. The number of carbonyl (C=O) groups excluding carboxylic acids is 1. The molecule has 0 amide bonds. The van der Waals surface area contributed by atoms with E-state index in [-0.39, 0.29) is 5.92 Å². The molecule has 0 spiro atoms. The molecule has 0 atom stereocenters. The van der Waals surface area contributed by atoms with E-state index >= 15 is 0 Å². The topological polar surface area (TPSA) is 17.1 Å². The zero-order chi connectivity index (χ0) is 13.1. The molecule has 100 valence electrons. The fourth-order valence-corrected chi connectivity index (χ4v) is 4.06. The second kappa shape index (κ2) is 5.87. The first-order chi connectivity index (χ1) is 9.36. The number of rotatable bonds is 2. The Morgan fingerprint density at radius 2 is 1.68 bits per heavy atom. The molecule has 1 saturated carbocycles. The van der Waals surface area contributed by atoms with E-state index in [9.17, 15) is 4.79 Å². The van der Waals surface area contributed by atoms with Gasteiger partial charge in [0.15, 0.2) is 5.78 Å². The number of carbonyl (C=O) groups is 1. The predicted octanol–water partition coefficient (Wildman–Crippen LogP) is 5.44. The first-order valence-corrected chi connectivity index (χ1v) is 8.24. The molecule has 1 aromatic carbocycles. The summed E-state index contributed by atoms with van der Waals surface area (Å²) in [7, 11) is 0. The number of hydrogen-bond donors (Lipinski definition) is 0. The third-order valence-electron chi connectivity index (χ3n) is 4.22. The summed E-state index contributed by atoms with van der Waals surface area (Å²) in [5.74, 6) is 0.651. The van der Waals surface area contributed by atoms with Crippen molar-refractivity contribution in [3.8, 4) is 0 Å². The van der Waals surface area contributed by atoms with Crippen molar-refractivity contribution in [3.05, 3.63) is 35.2 Å². The van der Waals surface area contributed by atoms with Crippen LogP contribution in [-0.4, -0.2) is 5.78 Å². The summed E-state index contributed by atoms with van der Waals surface area (Å²) < 4.78 is 1.23. The molecule has 2 heteroatoms. The molecule has 3 rings (SSSR count). The van der Waals surface area contributed by atoms with Crippen LogP contribution in [0.3, 0.4) is 0 Å². The molecule has 0 radical (unpaired) electrons. The zero-order valence-electron chi connectivity index (χ0n) is 11.2. The third-order valence-corrected chi connectivity index (χ3v) is 5.19. The number of benzene rings is 1. The molecule has 0 N–H and O–H groups in total. The Balaban J connectivity index is 1.85. The van der Waals surface area contributed by atoms with Gasteiger partial charge in [-0.15, -0.1) is 11.3 Å². The van der Waals surface area contributed by atoms with Gasteiger partial charge in [-0.25, -0.2) is 0 Å². The van der Waals surface area contributed by atoms with Gasteiger partial charge in [-0.1, -0.05) is 50.3 Å². The largest absolute Gasteiger partial charge is 0.294 e. The summed E-state index contributed by atoms with van der Waals surface area (Å²) >= 11 is 1.69. The highest BCUT2D eigenvalue weighted by molar-refractivity contribution is 7.17. The van der Waals surface area contributed by atoms with Crippen molar-refractivity contribution < 1.29 is 4.79 Å². The molecule has 1 aliphatic carbocycles. The van der Waals surface area contributed by atoms with Crippen molar-refractivity contribution in [2.75, 3.05) is 0 Å². The average Bonchev–Trinajstić information content (AvgIpc) is 2.81. The predicted molar refractivity (Wildman–Crippen MR) is 82.0 cm³/mol. The van der Waals surface area contributed by atoms with Gasteiger partial charge >= 0.3 is 0 Å². The maximum atomic E-state index is 12.7. The molecule has 1 nitrogen and oxygen atoms in total. The van der Waals surface area contributed by atoms with Crippen LogP contribution in [0.2, 0.25) is 0 Å². The lowest BCUT2D eigenvalue weighted by Gasteiger charge is -2.18. The molecule has 1 heterocycles. The summed E-state index contributed by atoms with van der Waals surface area (Å²) in [6.07, 6.45) is 8.56. The van der Waals surface area contributed by atoms with Crippen LogP contribution < -0.4 is 0 Å². The second-order valence-corrected chi connectivity index (χ2v) is 6.46. The standard InChI is InChI=1S/C17H20OS/c18-17(13-8-4-2-1-3-5-9-13)15-12-19-16-11-7-6-10-14(15)16/h6-7,10-13H,1-5,8-9H2. The van der Waals surface area contributed by atoms with Gasteiger partial charge < -0.3 is 0 Å². The monoisotopic (exact) mass is 272 g/mol. The van der Waals surface area contributed by atoms with E-state index in [1.165, 1.54) is 36.8 Å². The molecule has 0 bridgehead atoms. The molecule has 0 aliphatic heterocycles. The Labute approximate surface area is 118 Å². The van der Waals surface area contributed by atoms with Crippen molar-refractivity contribution in [3.63, 3.8) is 0 Å². The normalized spacial score (nSPS) is 18.1. The first-order valence-electron chi connectivity index (χ1n) is 7.37. The molecule has 1 fully saturated rings.